The first kappa shape index (κ1) is 20.6. The van der Waals surface area contributed by atoms with Gasteiger partial charge in [-0.2, -0.15) is 0 Å². The largest absolute Gasteiger partial charge is 0.487 e. The molecule has 1 aromatic heterocycles. The molecule has 3 rings (SSSR count). The lowest BCUT2D eigenvalue weighted by atomic mass is 10.2. The van der Waals surface area contributed by atoms with E-state index in [0.29, 0.717) is 0 Å². The van der Waals surface area contributed by atoms with Crippen LogP contribution >= 0.6 is 34.8 Å². The number of ether oxygens (including phenoxy) is 1. The van der Waals surface area contributed by atoms with Crippen molar-refractivity contribution < 1.29 is 18.6 Å². The number of aliphatic hydroxyl groups excluding tert-OH is 1. The average Bonchev–Trinajstić information content (AvgIpc) is 2.65. The van der Waals surface area contributed by atoms with Gasteiger partial charge in [0.05, 0.1) is 28.0 Å². The van der Waals surface area contributed by atoms with Crippen molar-refractivity contribution in [2.45, 2.75) is 13.2 Å². The maximum Gasteiger partial charge on any atom is 0.278 e. The molecular weight excluding hydrogens is 435 g/mol. The summed E-state index contributed by atoms with van der Waals surface area (Å²) in [5.41, 5.74) is -0.379. The van der Waals surface area contributed by atoms with E-state index in [9.17, 15) is 18.7 Å². The maximum atomic E-state index is 13.8. The van der Waals surface area contributed by atoms with Gasteiger partial charge < -0.3 is 9.84 Å². The van der Waals surface area contributed by atoms with Gasteiger partial charge in [0.15, 0.2) is 0 Å². The number of aromatic nitrogens is 1. The number of rotatable bonds is 5. The summed E-state index contributed by atoms with van der Waals surface area (Å²) < 4.78 is 33.3. The monoisotopic (exact) mass is 445 g/mol. The van der Waals surface area contributed by atoms with Gasteiger partial charge in [0.25, 0.3) is 5.56 Å². The minimum atomic E-state index is -0.797. The minimum Gasteiger partial charge on any atom is -0.487 e. The summed E-state index contributed by atoms with van der Waals surface area (Å²) in [6, 6.07) is 9.02. The lowest BCUT2D eigenvalue weighted by Crippen LogP contribution is -2.24. The lowest BCUT2D eigenvalue weighted by Gasteiger charge is -2.17. The molecular formula is C19H12Cl3F2NO3. The van der Waals surface area contributed by atoms with Gasteiger partial charge in [-0.3, -0.25) is 9.36 Å². The predicted octanol–water partition coefficient (Wildman–Crippen LogP) is 5.15. The molecule has 0 fully saturated rings. The zero-order valence-electron chi connectivity index (χ0n) is 14.1. The number of hydrogen-bond donors (Lipinski definition) is 1. The van der Waals surface area contributed by atoms with Crippen molar-refractivity contribution in [1.82, 2.24) is 4.57 Å². The quantitative estimate of drug-likeness (QED) is 0.590. The molecule has 4 nitrogen and oxygen atoms in total. The molecule has 0 aliphatic rings. The Labute approximate surface area is 173 Å². The molecule has 9 heteroatoms. The Bertz CT molecular complexity index is 1080. The Morgan fingerprint density at radius 2 is 1.71 bits per heavy atom. The van der Waals surface area contributed by atoms with Gasteiger partial charge in [-0.15, -0.1) is 0 Å². The summed E-state index contributed by atoms with van der Waals surface area (Å²) in [6.45, 7) is -0.845. The fourth-order valence-electron chi connectivity index (χ4n) is 2.58. The smallest absolute Gasteiger partial charge is 0.278 e. The second-order valence-corrected chi connectivity index (χ2v) is 6.90. The molecule has 0 saturated heterocycles. The van der Waals surface area contributed by atoms with E-state index < -0.39 is 23.8 Å². The average molecular weight is 447 g/mol. The maximum absolute atomic E-state index is 13.8. The van der Waals surface area contributed by atoms with Crippen LogP contribution in [0.1, 0.15) is 11.3 Å². The van der Waals surface area contributed by atoms with Gasteiger partial charge in [-0.25, -0.2) is 8.78 Å². The second kappa shape index (κ2) is 8.49. The van der Waals surface area contributed by atoms with Crippen molar-refractivity contribution in [1.29, 1.82) is 0 Å². The van der Waals surface area contributed by atoms with Crippen molar-refractivity contribution in [3.8, 4) is 11.4 Å². The van der Waals surface area contributed by atoms with E-state index in [2.05, 4.69) is 0 Å². The summed E-state index contributed by atoms with van der Waals surface area (Å²) in [6.07, 6.45) is 0. The third-order valence-corrected chi connectivity index (χ3v) is 4.87. The molecule has 28 heavy (non-hydrogen) atoms. The molecule has 0 spiro atoms. The molecule has 0 amide bonds. The Kier molecular flexibility index (Phi) is 6.25. The van der Waals surface area contributed by atoms with Crippen LogP contribution in [0.2, 0.25) is 15.1 Å². The van der Waals surface area contributed by atoms with Crippen LogP contribution in [0.4, 0.5) is 8.78 Å². The second-order valence-electron chi connectivity index (χ2n) is 5.71. The zero-order valence-corrected chi connectivity index (χ0v) is 16.3. The molecule has 146 valence electrons. The Morgan fingerprint density at radius 1 is 1.04 bits per heavy atom. The number of nitrogens with zero attached hydrogens (tertiary/aromatic N) is 1. The van der Waals surface area contributed by atoms with Crippen molar-refractivity contribution in [2.75, 3.05) is 0 Å². The number of hydrogen-bond acceptors (Lipinski definition) is 3. The van der Waals surface area contributed by atoms with Crippen molar-refractivity contribution in [3.05, 3.63) is 90.8 Å². The molecule has 0 aliphatic heterocycles. The number of benzene rings is 2. The van der Waals surface area contributed by atoms with Crippen LogP contribution in [0, 0.1) is 11.6 Å². The number of halogens is 5. The molecule has 1 heterocycles. The fraction of sp³-hybridized carbons (Fsp3) is 0.105. The summed E-state index contributed by atoms with van der Waals surface area (Å²) in [4.78, 5) is 12.8. The van der Waals surface area contributed by atoms with Gasteiger partial charge in [0, 0.05) is 17.7 Å². The van der Waals surface area contributed by atoms with E-state index in [1.807, 2.05) is 0 Å². The van der Waals surface area contributed by atoms with Crippen LogP contribution < -0.4 is 10.3 Å². The van der Waals surface area contributed by atoms with Crippen LogP contribution in [0.15, 0.2) is 47.3 Å². The molecule has 1 N–H and O–H groups in total. The fourth-order valence-corrected chi connectivity index (χ4v) is 3.34. The van der Waals surface area contributed by atoms with Gasteiger partial charge >= 0.3 is 0 Å². The van der Waals surface area contributed by atoms with E-state index in [1.165, 1.54) is 24.3 Å². The molecule has 0 saturated carbocycles. The van der Waals surface area contributed by atoms with Crippen molar-refractivity contribution >= 4 is 34.8 Å². The highest BCUT2D eigenvalue weighted by Crippen LogP contribution is 2.31. The molecule has 0 radical (unpaired) electrons. The topological polar surface area (TPSA) is 51.5 Å². The summed E-state index contributed by atoms with van der Waals surface area (Å²) >= 11 is 18.4. The van der Waals surface area contributed by atoms with Crippen LogP contribution in [-0.4, -0.2) is 9.67 Å². The normalized spacial score (nSPS) is 10.9. The standard InChI is InChI=1S/C19H12Cl3F2NO3/c20-13-2-1-3-14(21)18(13)25-12(8-26)7-16(17(22)19(25)27)28-9-10-4-5-11(23)6-15(10)24/h1-7,26H,8-9H2. The van der Waals surface area contributed by atoms with E-state index in [0.717, 1.165) is 16.7 Å². The zero-order chi connectivity index (χ0) is 20.4. The van der Waals surface area contributed by atoms with E-state index in [4.69, 9.17) is 39.5 Å². The highest BCUT2D eigenvalue weighted by atomic mass is 35.5. The number of aliphatic hydroxyl groups is 1. The highest BCUT2D eigenvalue weighted by molar-refractivity contribution is 6.37. The van der Waals surface area contributed by atoms with Crippen molar-refractivity contribution in [3.63, 3.8) is 0 Å². The summed E-state index contributed by atoms with van der Waals surface area (Å²) in [5, 5.41) is 9.77. The molecule has 3 aromatic rings. The van der Waals surface area contributed by atoms with E-state index in [-0.39, 0.29) is 44.4 Å². The van der Waals surface area contributed by atoms with Crippen LogP contribution in [0.3, 0.4) is 0 Å². The summed E-state index contributed by atoms with van der Waals surface area (Å²) in [7, 11) is 0. The van der Waals surface area contributed by atoms with E-state index >= 15 is 0 Å². The Balaban J connectivity index is 2.04. The first-order chi connectivity index (χ1) is 13.3. The van der Waals surface area contributed by atoms with Gasteiger partial charge in [-0.1, -0.05) is 40.9 Å². The van der Waals surface area contributed by atoms with Gasteiger partial charge in [0.1, 0.15) is 29.0 Å². The molecule has 0 atom stereocenters. The molecule has 0 aliphatic carbocycles. The minimum absolute atomic E-state index is 0.0705. The number of para-hydroxylation sites is 1. The van der Waals surface area contributed by atoms with Crippen LogP contribution in [0.25, 0.3) is 5.69 Å². The first-order valence-electron chi connectivity index (χ1n) is 7.90. The number of pyridine rings is 1. The van der Waals surface area contributed by atoms with Crippen LogP contribution in [0.5, 0.6) is 5.75 Å². The molecule has 0 bridgehead atoms. The predicted molar refractivity (Wildman–Crippen MR) is 104 cm³/mol. The highest BCUT2D eigenvalue weighted by Gasteiger charge is 2.19. The lowest BCUT2D eigenvalue weighted by molar-refractivity contribution is 0.268. The Morgan fingerprint density at radius 3 is 2.32 bits per heavy atom. The molecule has 0 unspecified atom stereocenters. The summed E-state index contributed by atoms with van der Waals surface area (Å²) in [5.74, 6) is -1.59. The first-order valence-corrected chi connectivity index (χ1v) is 9.03. The Hall–Kier alpha value is -2.12. The third kappa shape index (κ3) is 4.00. The van der Waals surface area contributed by atoms with Crippen molar-refractivity contribution in [2.24, 2.45) is 0 Å². The van der Waals surface area contributed by atoms with E-state index in [1.54, 1.807) is 6.07 Å². The van der Waals surface area contributed by atoms with Gasteiger partial charge in [-0.05, 0) is 24.3 Å². The third-order valence-electron chi connectivity index (χ3n) is 3.91. The molecule has 2 aromatic carbocycles. The van der Waals surface area contributed by atoms with Crippen LogP contribution in [-0.2, 0) is 13.2 Å². The SMILES string of the molecule is O=c1c(Cl)c(OCc2ccc(F)cc2F)cc(CO)n1-c1c(Cl)cccc1Cl. The van der Waals surface area contributed by atoms with Gasteiger partial charge in [0.2, 0.25) is 0 Å².